The van der Waals surface area contributed by atoms with Gasteiger partial charge in [0.05, 0.1) is 0 Å². The first-order valence-electron chi connectivity index (χ1n) is 10.2. The average molecular weight is 360 g/mol. The van der Waals surface area contributed by atoms with Crippen LogP contribution in [0.5, 0.6) is 0 Å². The van der Waals surface area contributed by atoms with E-state index < -0.39 is 0 Å². The van der Waals surface area contributed by atoms with E-state index in [9.17, 15) is 4.79 Å². The van der Waals surface area contributed by atoms with Crippen molar-refractivity contribution in [2.24, 2.45) is 23.2 Å². The van der Waals surface area contributed by atoms with Crippen molar-refractivity contribution in [3.8, 4) is 0 Å². The van der Waals surface area contributed by atoms with Gasteiger partial charge in [0.2, 0.25) is 5.91 Å². The fourth-order valence-electron chi connectivity index (χ4n) is 6.10. The smallest absolute Gasteiger partial charge is 0.224 e. The standard InChI is InChI=1S/C22H30ClNO/c23-18-5-7-19(8-6-18)24-21(25)15-16-9-12-22(13-10-16)14-11-17-3-1-2-4-20(17)22/h5-8,16-17,20H,1-4,9-15H2,(H,24,25). The van der Waals surface area contributed by atoms with Gasteiger partial charge in [0, 0.05) is 17.1 Å². The number of nitrogens with one attached hydrogen (secondary N) is 1. The Labute approximate surface area is 156 Å². The lowest BCUT2D eigenvalue weighted by atomic mass is 9.61. The van der Waals surface area contributed by atoms with Crippen LogP contribution in [-0.2, 0) is 4.79 Å². The normalized spacial score (nSPS) is 34.7. The van der Waals surface area contributed by atoms with Crippen LogP contribution in [0.15, 0.2) is 24.3 Å². The number of carbonyl (C=O) groups is 1. The molecule has 3 fully saturated rings. The zero-order chi connectivity index (χ0) is 17.3. The summed E-state index contributed by atoms with van der Waals surface area (Å²) in [4.78, 5) is 12.4. The van der Waals surface area contributed by atoms with Gasteiger partial charge >= 0.3 is 0 Å². The second-order valence-corrected chi connectivity index (χ2v) is 9.19. The Morgan fingerprint density at radius 3 is 2.44 bits per heavy atom. The molecule has 2 atom stereocenters. The lowest BCUT2D eigenvalue weighted by Crippen LogP contribution is -2.35. The molecule has 1 amide bonds. The number of fused-ring (bicyclic) bond motifs is 2. The molecule has 3 heteroatoms. The van der Waals surface area contributed by atoms with Crippen molar-refractivity contribution in [3.63, 3.8) is 0 Å². The molecule has 3 aliphatic carbocycles. The van der Waals surface area contributed by atoms with Gasteiger partial charge in [0.1, 0.15) is 0 Å². The Hall–Kier alpha value is -1.02. The average Bonchev–Trinajstić information content (AvgIpc) is 2.98. The van der Waals surface area contributed by atoms with E-state index in [2.05, 4.69) is 5.32 Å². The van der Waals surface area contributed by atoms with Gasteiger partial charge in [-0.1, -0.05) is 30.9 Å². The number of amides is 1. The Morgan fingerprint density at radius 2 is 1.68 bits per heavy atom. The third kappa shape index (κ3) is 3.74. The third-order valence-corrected chi connectivity index (χ3v) is 7.66. The van der Waals surface area contributed by atoms with Crippen molar-refractivity contribution >= 4 is 23.2 Å². The molecule has 3 saturated carbocycles. The van der Waals surface area contributed by atoms with Crippen LogP contribution in [-0.4, -0.2) is 5.91 Å². The molecule has 0 saturated heterocycles. The molecule has 0 heterocycles. The third-order valence-electron chi connectivity index (χ3n) is 7.41. The monoisotopic (exact) mass is 359 g/mol. The van der Waals surface area contributed by atoms with Crippen LogP contribution in [0.2, 0.25) is 5.02 Å². The molecular formula is C22H30ClNO. The fourth-order valence-corrected chi connectivity index (χ4v) is 6.23. The lowest BCUT2D eigenvalue weighted by molar-refractivity contribution is -0.117. The van der Waals surface area contributed by atoms with Gasteiger partial charge in [-0.05, 0) is 92.4 Å². The molecule has 1 spiro atoms. The van der Waals surface area contributed by atoms with Crippen LogP contribution in [0, 0.1) is 23.2 Å². The largest absolute Gasteiger partial charge is 0.326 e. The van der Waals surface area contributed by atoms with Gasteiger partial charge < -0.3 is 5.32 Å². The summed E-state index contributed by atoms with van der Waals surface area (Å²) in [6, 6.07) is 7.39. The van der Waals surface area contributed by atoms with E-state index in [0.717, 1.165) is 17.5 Å². The van der Waals surface area contributed by atoms with Gasteiger partial charge in [0.25, 0.3) is 0 Å². The summed E-state index contributed by atoms with van der Waals surface area (Å²) in [5, 5.41) is 3.73. The highest BCUT2D eigenvalue weighted by Crippen LogP contribution is 2.60. The Bertz CT molecular complexity index is 603. The highest BCUT2D eigenvalue weighted by molar-refractivity contribution is 6.30. The number of hydrogen-bond donors (Lipinski definition) is 1. The Morgan fingerprint density at radius 1 is 1.00 bits per heavy atom. The molecule has 0 radical (unpaired) electrons. The molecular weight excluding hydrogens is 330 g/mol. The molecule has 0 aromatic heterocycles. The van der Waals surface area contributed by atoms with Gasteiger partial charge in [0.15, 0.2) is 0 Å². The van der Waals surface area contributed by atoms with E-state index in [1.54, 1.807) is 0 Å². The van der Waals surface area contributed by atoms with E-state index in [0.29, 0.717) is 22.8 Å². The van der Waals surface area contributed by atoms with Crippen LogP contribution in [0.25, 0.3) is 0 Å². The zero-order valence-corrected chi connectivity index (χ0v) is 15.9. The van der Waals surface area contributed by atoms with E-state index >= 15 is 0 Å². The van der Waals surface area contributed by atoms with E-state index in [1.165, 1.54) is 64.2 Å². The highest BCUT2D eigenvalue weighted by Gasteiger charge is 2.49. The summed E-state index contributed by atoms with van der Waals surface area (Å²) in [5.74, 6) is 2.76. The van der Waals surface area contributed by atoms with E-state index in [1.807, 2.05) is 24.3 Å². The highest BCUT2D eigenvalue weighted by atomic mass is 35.5. The van der Waals surface area contributed by atoms with Crippen LogP contribution in [0.3, 0.4) is 0 Å². The molecule has 0 bridgehead atoms. The first-order chi connectivity index (χ1) is 12.1. The predicted octanol–water partition coefficient (Wildman–Crippen LogP) is 6.45. The van der Waals surface area contributed by atoms with Gasteiger partial charge in [-0.3, -0.25) is 4.79 Å². The Kier molecular flexibility index (Phi) is 5.08. The number of halogens is 1. The quantitative estimate of drug-likeness (QED) is 0.660. The van der Waals surface area contributed by atoms with Crippen molar-refractivity contribution in [3.05, 3.63) is 29.3 Å². The number of hydrogen-bond acceptors (Lipinski definition) is 1. The lowest BCUT2D eigenvalue weighted by Gasteiger charge is -2.44. The molecule has 3 aliphatic rings. The first-order valence-corrected chi connectivity index (χ1v) is 10.6. The van der Waals surface area contributed by atoms with Crippen molar-refractivity contribution in [2.75, 3.05) is 5.32 Å². The van der Waals surface area contributed by atoms with Crippen molar-refractivity contribution < 1.29 is 4.79 Å². The molecule has 136 valence electrons. The SMILES string of the molecule is O=C(CC1CCC2(CC1)CCC1CCCCC12)Nc1ccc(Cl)cc1. The van der Waals surface area contributed by atoms with Gasteiger partial charge in [-0.15, -0.1) is 0 Å². The number of anilines is 1. The summed E-state index contributed by atoms with van der Waals surface area (Å²) in [6.45, 7) is 0. The molecule has 4 rings (SSSR count). The van der Waals surface area contributed by atoms with Gasteiger partial charge in [-0.25, -0.2) is 0 Å². The van der Waals surface area contributed by atoms with Crippen molar-refractivity contribution in [1.29, 1.82) is 0 Å². The van der Waals surface area contributed by atoms with Crippen LogP contribution in [0.4, 0.5) is 5.69 Å². The summed E-state index contributed by atoms with van der Waals surface area (Å²) in [6.07, 6.45) is 14.7. The summed E-state index contributed by atoms with van der Waals surface area (Å²) >= 11 is 5.90. The van der Waals surface area contributed by atoms with Crippen LogP contribution in [0.1, 0.15) is 70.6 Å². The second kappa shape index (κ2) is 7.31. The maximum absolute atomic E-state index is 12.4. The topological polar surface area (TPSA) is 29.1 Å². The molecule has 1 N–H and O–H groups in total. The molecule has 25 heavy (non-hydrogen) atoms. The summed E-state index contributed by atoms with van der Waals surface area (Å²) in [7, 11) is 0. The molecule has 0 aliphatic heterocycles. The van der Waals surface area contributed by atoms with E-state index in [4.69, 9.17) is 11.6 Å². The van der Waals surface area contributed by atoms with Gasteiger partial charge in [-0.2, -0.15) is 0 Å². The van der Waals surface area contributed by atoms with E-state index in [-0.39, 0.29) is 5.91 Å². The Balaban J connectivity index is 1.29. The summed E-state index contributed by atoms with van der Waals surface area (Å²) < 4.78 is 0. The molecule has 1 aromatic rings. The predicted molar refractivity (Wildman–Crippen MR) is 104 cm³/mol. The maximum atomic E-state index is 12.4. The molecule has 2 unspecified atom stereocenters. The van der Waals surface area contributed by atoms with Crippen LogP contribution >= 0.6 is 11.6 Å². The number of rotatable bonds is 3. The fraction of sp³-hybridized carbons (Fsp3) is 0.682. The maximum Gasteiger partial charge on any atom is 0.224 e. The zero-order valence-electron chi connectivity index (χ0n) is 15.1. The number of benzene rings is 1. The van der Waals surface area contributed by atoms with Crippen LogP contribution < -0.4 is 5.32 Å². The second-order valence-electron chi connectivity index (χ2n) is 8.75. The first kappa shape index (κ1) is 17.4. The molecule has 2 nitrogen and oxygen atoms in total. The minimum absolute atomic E-state index is 0.158. The summed E-state index contributed by atoms with van der Waals surface area (Å²) in [5.41, 5.74) is 1.50. The van der Waals surface area contributed by atoms with Crippen molar-refractivity contribution in [2.45, 2.75) is 70.6 Å². The van der Waals surface area contributed by atoms with Crippen molar-refractivity contribution in [1.82, 2.24) is 0 Å². The minimum atomic E-state index is 0.158. The number of carbonyl (C=O) groups excluding carboxylic acids is 1. The molecule has 1 aromatic carbocycles. The minimum Gasteiger partial charge on any atom is -0.326 e.